The SMILES string of the molecule is Cc1ccc(C)c(OC(=O)CCCC(=O)OCC(C)C)c1. The third-order valence-corrected chi connectivity index (χ3v) is 2.91. The number of ether oxygens (including phenoxy) is 2. The Bertz CT molecular complexity index is 492. The zero-order valence-corrected chi connectivity index (χ0v) is 13.3. The average molecular weight is 292 g/mol. The van der Waals surface area contributed by atoms with Crippen molar-refractivity contribution < 1.29 is 19.1 Å². The maximum atomic E-state index is 11.7. The van der Waals surface area contributed by atoms with Gasteiger partial charge in [-0.1, -0.05) is 26.0 Å². The molecule has 116 valence electrons. The zero-order valence-electron chi connectivity index (χ0n) is 13.3. The van der Waals surface area contributed by atoms with E-state index in [1.165, 1.54) is 0 Å². The van der Waals surface area contributed by atoms with Crippen LogP contribution >= 0.6 is 0 Å². The Morgan fingerprint density at radius 3 is 2.43 bits per heavy atom. The molecule has 0 N–H and O–H groups in total. The molecule has 0 aliphatic heterocycles. The molecule has 0 bridgehead atoms. The molecule has 0 unspecified atom stereocenters. The number of esters is 2. The van der Waals surface area contributed by atoms with E-state index in [0.29, 0.717) is 24.7 Å². The Morgan fingerprint density at radius 1 is 1.10 bits per heavy atom. The highest BCUT2D eigenvalue weighted by Gasteiger charge is 2.10. The molecule has 0 radical (unpaired) electrons. The first kappa shape index (κ1) is 17.2. The predicted octanol–water partition coefficient (Wildman–Crippen LogP) is 3.58. The smallest absolute Gasteiger partial charge is 0.311 e. The van der Waals surface area contributed by atoms with E-state index >= 15 is 0 Å². The molecule has 4 nitrogen and oxygen atoms in total. The summed E-state index contributed by atoms with van der Waals surface area (Å²) in [4.78, 5) is 23.2. The minimum Gasteiger partial charge on any atom is -0.465 e. The minimum absolute atomic E-state index is 0.212. The topological polar surface area (TPSA) is 52.6 Å². The van der Waals surface area contributed by atoms with Crippen LogP contribution in [0.25, 0.3) is 0 Å². The van der Waals surface area contributed by atoms with Gasteiger partial charge in [0.2, 0.25) is 0 Å². The zero-order chi connectivity index (χ0) is 15.8. The number of rotatable bonds is 7. The number of carbonyl (C=O) groups is 2. The summed E-state index contributed by atoms with van der Waals surface area (Å²) in [7, 11) is 0. The van der Waals surface area contributed by atoms with Crippen molar-refractivity contribution in [1.82, 2.24) is 0 Å². The van der Waals surface area contributed by atoms with Gasteiger partial charge in [0.25, 0.3) is 0 Å². The van der Waals surface area contributed by atoms with E-state index in [4.69, 9.17) is 9.47 Å². The normalized spacial score (nSPS) is 10.5. The van der Waals surface area contributed by atoms with E-state index in [1.807, 2.05) is 45.9 Å². The van der Waals surface area contributed by atoms with Crippen LogP contribution in [0.4, 0.5) is 0 Å². The molecule has 0 aromatic heterocycles. The number of carbonyl (C=O) groups excluding carboxylic acids is 2. The van der Waals surface area contributed by atoms with E-state index in [9.17, 15) is 9.59 Å². The number of hydrogen-bond donors (Lipinski definition) is 0. The quantitative estimate of drug-likeness (QED) is 0.569. The van der Waals surface area contributed by atoms with Gasteiger partial charge in [-0.2, -0.15) is 0 Å². The third kappa shape index (κ3) is 6.93. The van der Waals surface area contributed by atoms with E-state index in [2.05, 4.69) is 0 Å². The van der Waals surface area contributed by atoms with Crippen molar-refractivity contribution in [2.75, 3.05) is 6.61 Å². The van der Waals surface area contributed by atoms with Gasteiger partial charge in [0.1, 0.15) is 5.75 Å². The lowest BCUT2D eigenvalue weighted by atomic mass is 10.1. The predicted molar refractivity (Wildman–Crippen MR) is 81.2 cm³/mol. The van der Waals surface area contributed by atoms with E-state index in [0.717, 1.165) is 11.1 Å². The highest BCUT2D eigenvalue weighted by Crippen LogP contribution is 2.19. The molecule has 0 aliphatic rings. The van der Waals surface area contributed by atoms with Crippen molar-refractivity contribution in [3.63, 3.8) is 0 Å². The summed E-state index contributed by atoms with van der Waals surface area (Å²) in [5, 5.41) is 0. The van der Waals surface area contributed by atoms with Crippen molar-refractivity contribution in [3.8, 4) is 5.75 Å². The van der Waals surface area contributed by atoms with Crippen LogP contribution in [0.15, 0.2) is 18.2 Å². The maximum Gasteiger partial charge on any atom is 0.311 e. The van der Waals surface area contributed by atoms with Gasteiger partial charge in [0.05, 0.1) is 6.61 Å². The summed E-state index contributed by atoms with van der Waals surface area (Å²) >= 11 is 0. The number of benzene rings is 1. The van der Waals surface area contributed by atoms with Gasteiger partial charge in [-0.3, -0.25) is 9.59 Å². The Hall–Kier alpha value is -1.84. The molecule has 1 rings (SSSR count). The minimum atomic E-state index is -0.319. The summed E-state index contributed by atoms with van der Waals surface area (Å²) < 4.78 is 10.4. The Morgan fingerprint density at radius 2 is 1.76 bits per heavy atom. The third-order valence-electron chi connectivity index (χ3n) is 2.91. The van der Waals surface area contributed by atoms with Gasteiger partial charge in [-0.05, 0) is 43.4 Å². The van der Waals surface area contributed by atoms with E-state index < -0.39 is 0 Å². The molecule has 4 heteroatoms. The highest BCUT2D eigenvalue weighted by atomic mass is 16.5. The molecular weight excluding hydrogens is 268 g/mol. The summed E-state index contributed by atoms with van der Waals surface area (Å²) in [6, 6.07) is 5.72. The highest BCUT2D eigenvalue weighted by molar-refractivity contribution is 5.74. The Labute approximate surface area is 126 Å². The molecule has 0 fully saturated rings. The lowest BCUT2D eigenvalue weighted by Gasteiger charge is -2.09. The van der Waals surface area contributed by atoms with Crippen LogP contribution in [-0.4, -0.2) is 18.5 Å². The first-order valence-corrected chi connectivity index (χ1v) is 7.32. The number of aryl methyl sites for hydroxylation is 2. The fourth-order valence-corrected chi connectivity index (χ4v) is 1.70. The van der Waals surface area contributed by atoms with Crippen LogP contribution < -0.4 is 4.74 Å². The van der Waals surface area contributed by atoms with Crippen molar-refractivity contribution in [3.05, 3.63) is 29.3 Å². The second-order valence-corrected chi connectivity index (χ2v) is 5.67. The van der Waals surface area contributed by atoms with Crippen molar-refractivity contribution in [2.24, 2.45) is 5.92 Å². The summed E-state index contributed by atoms with van der Waals surface area (Å²) in [5.74, 6) is 0.328. The van der Waals surface area contributed by atoms with E-state index in [1.54, 1.807) is 0 Å². The Balaban J connectivity index is 2.31. The molecule has 1 aromatic carbocycles. The van der Waals surface area contributed by atoms with Gasteiger partial charge in [0.15, 0.2) is 0 Å². The largest absolute Gasteiger partial charge is 0.465 e. The van der Waals surface area contributed by atoms with Crippen LogP contribution in [0.3, 0.4) is 0 Å². The van der Waals surface area contributed by atoms with Gasteiger partial charge < -0.3 is 9.47 Å². The lowest BCUT2D eigenvalue weighted by molar-refractivity contribution is -0.145. The van der Waals surface area contributed by atoms with Gasteiger partial charge in [0, 0.05) is 12.8 Å². The second kappa shape index (κ2) is 8.45. The fraction of sp³-hybridized carbons (Fsp3) is 0.529. The summed E-state index contributed by atoms with van der Waals surface area (Å²) in [6.07, 6.45) is 0.902. The molecule has 21 heavy (non-hydrogen) atoms. The van der Waals surface area contributed by atoms with Gasteiger partial charge in [-0.25, -0.2) is 0 Å². The molecule has 0 spiro atoms. The fourth-order valence-electron chi connectivity index (χ4n) is 1.70. The molecule has 0 aliphatic carbocycles. The van der Waals surface area contributed by atoms with Crippen LogP contribution in [-0.2, 0) is 14.3 Å². The molecule has 0 heterocycles. The molecule has 0 amide bonds. The monoisotopic (exact) mass is 292 g/mol. The second-order valence-electron chi connectivity index (χ2n) is 5.67. The maximum absolute atomic E-state index is 11.7. The van der Waals surface area contributed by atoms with E-state index in [-0.39, 0.29) is 24.8 Å². The first-order chi connectivity index (χ1) is 9.88. The van der Waals surface area contributed by atoms with Crippen molar-refractivity contribution in [1.29, 1.82) is 0 Å². The molecule has 1 aromatic rings. The van der Waals surface area contributed by atoms with Gasteiger partial charge in [-0.15, -0.1) is 0 Å². The van der Waals surface area contributed by atoms with Crippen molar-refractivity contribution in [2.45, 2.75) is 47.0 Å². The molecule has 0 saturated heterocycles. The van der Waals surface area contributed by atoms with Crippen molar-refractivity contribution >= 4 is 11.9 Å². The Kier molecular flexibility index (Phi) is 6.92. The molecule has 0 atom stereocenters. The van der Waals surface area contributed by atoms with Crippen LogP contribution in [0.5, 0.6) is 5.75 Å². The standard InChI is InChI=1S/C17H24O4/c1-12(2)11-20-16(18)6-5-7-17(19)21-15-10-13(3)8-9-14(15)4/h8-10,12H,5-7,11H2,1-4H3. The average Bonchev–Trinajstić information content (AvgIpc) is 2.40. The first-order valence-electron chi connectivity index (χ1n) is 7.32. The molecule has 0 saturated carbocycles. The lowest BCUT2D eigenvalue weighted by Crippen LogP contribution is -2.12. The summed E-state index contributed by atoms with van der Waals surface area (Å²) in [5.41, 5.74) is 1.96. The summed E-state index contributed by atoms with van der Waals surface area (Å²) in [6.45, 7) is 8.22. The van der Waals surface area contributed by atoms with Crippen LogP contribution in [0, 0.1) is 19.8 Å². The van der Waals surface area contributed by atoms with Crippen LogP contribution in [0.1, 0.15) is 44.2 Å². The van der Waals surface area contributed by atoms with Crippen LogP contribution in [0.2, 0.25) is 0 Å². The van der Waals surface area contributed by atoms with Gasteiger partial charge >= 0.3 is 11.9 Å². The molecular formula is C17H24O4. The number of hydrogen-bond acceptors (Lipinski definition) is 4.